The lowest BCUT2D eigenvalue weighted by Gasteiger charge is -2.16. The third-order valence-electron chi connectivity index (χ3n) is 3.23. The molecule has 0 saturated heterocycles. The number of phenols is 1. The first-order chi connectivity index (χ1) is 8.75. The molecule has 0 aliphatic heterocycles. The van der Waals surface area contributed by atoms with Gasteiger partial charge in [0.2, 0.25) is 0 Å². The lowest BCUT2D eigenvalue weighted by atomic mass is 9.90. The molecule has 1 aliphatic rings. The van der Waals surface area contributed by atoms with Gasteiger partial charge in [0, 0.05) is 11.8 Å². The van der Waals surface area contributed by atoms with Crippen LogP contribution < -0.4 is 5.43 Å². The van der Waals surface area contributed by atoms with Crippen LogP contribution in [-0.2, 0) is 0 Å². The SMILES string of the molecule is O=C(N/N=C\C1CCCCC1)c1ccc(O)cc1. The Morgan fingerprint density at radius 3 is 2.56 bits per heavy atom. The average molecular weight is 246 g/mol. The summed E-state index contributed by atoms with van der Waals surface area (Å²) < 4.78 is 0. The summed E-state index contributed by atoms with van der Waals surface area (Å²) in [6.45, 7) is 0. The van der Waals surface area contributed by atoms with Crippen LogP contribution in [0, 0.1) is 5.92 Å². The molecule has 2 rings (SSSR count). The molecule has 18 heavy (non-hydrogen) atoms. The van der Waals surface area contributed by atoms with Gasteiger partial charge in [0.15, 0.2) is 0 Å². The van der Waals surface area contributed by atoms with E-state index in [0.29, 0.717) is 11.5 Å². The van der Waals surface area contributed by atoms with E-state index in [0.717, 1.165) is 0 Å². The molecular weight excluding hydrogens is 228 g/mol. The molecule has 1 aromatic rings. The van der Waals surface area contributed by atoms with Gasteiger partial charge in [-0.3, -0.25) is 4.79 Å². The van der Waals surface area contributed by atoms with Crippen molar-refractivity contribution in [1.29, 1.82) is 0 Å². The molecule has 0 atom stereocenters. The minimum atomic E-state index is -0.248. The van der Waals surface area contributed by atoms with Crippen LogP contribution in [0.25, 0.3) is 0 Å². The van der Waals surface area contributed by atoms with Crippen LogP contribution in [0.4, 0.5) is 0 Å². The Morgan fingerprint density at radius 2 is 1.89 bits per heavy atom. The fourth-order valence-corrected chi connectivity index (χ4v) is 2.16. The Morgan fingerprint density at radius 1 is 1.22 bits per heavy atom. The lowest BCUT2D eigenvalue weighted by Crippen LogP contribution is -2.19. The summed E-state index contributed by atoms with van der Waals surface area (Å²) in [5.74, 6) is 0.401. The molecule has 1 aliphatic carbocycles. The maximum atomic E-state index is 11.7. The van der Waals surface area contributed by atoms with Gasteiger partial charge in [-0.1, -0.05) is 19.3 Å². The van der Waals surface area contributed by atoms with E-state index >= 15 is 0 Å². The van der Waals surface area contributed by atoms with Crippen molar-refractivity contribution in [3.8, 4) is 5.75 Å². The highest BCUT2D eigenvalue weighted by molar-refractivity contribution is 5.94. The fourth-order valence-electron chi connectivity index (χ4n) is 2.16. The van der Waals surface area contributed by atoms with E-state index in [2.05, 4.69) is 10.5 Å². The number of phenolic OH excluding ortho intramolecular Hbond substituents is 1. The zero-order valence-corrected chi connectivity index (χ0v) is 10.3. The molecule has 1 saturated carbocycles. The van der Waals surface area contributed by atoms with Gasteiger partial charge in [-0.25, -0.2) is 5.43 Å². The molecular formula is C14H18N2O2. The topological polar surface area (TPSA) is 61.7 Å². The normalized spacial score (nSPS) is 16.9. The summed E-state index contributed by atoms with van der Waals surface area (Å²) in [6.07, 6.45) is 7.99. The van der Waals surface area contributed by atoms with Crippen LogP contribution in [0.5, 0.6) is 5.75 Å². The number of rotatable bonds is 3. The number of benzene rings is 1. The summed E-state index contributed by atoms with van der Waals surface area (Å²) >= 11 is 0. The van der Waals surface area contributed by atoms with Crippen molar-refractivity contribution in [3.05, 3.63) is 29.8 Å². The molecule has 1 fully saturated rings. The van der Waals surface area contributed by atoms with E-state index in [1.54, 1.807) is 12.1 Å². The monoisotopic (exact) mass is 246 g/mol. The van der Waals surface area contributed by atoms with Gasteiger partial charge < -0.3 is 5.11 Å². The maximum Gasteiger partial charge on any atom is 0.271 e. The van der Waals surface area contributed by atoms with Crippen molar-refractivity contribution in [2.45, 2.75) is 32.1 Å². The third kappa shape index (κ3) is 3.58. The number of hydrogen-bond donors (Lipinski definition) is 2. The molecule has 4 heteroatoms. The van der Waals surface area contributed by atoms with Crippen LogP contribution in [0.2, 0.25) is 0 Å². The predicted octanol–water partition coefficient (Wildman–Crippen LogP) is 2.69. The second kappa shape index (κ2) is 6.19. The molecule has 1 aromatic carbocycles. The minimum absolute atomic E-state index is 0.150. The molecule has 0 aromatic heterocycles. The van der Waals surface area contributed by atoms with Crippen molar-refractivity contribution in [1.82, 2.24) is 5.43 Å². The number of nitrogens with one attached hydrogen (secondary N) is 1. The molecule has 0 bridgehead atoms. The molecule has 0 radical (unpaired) electrons. The summed E-state index contributed by atoms with van der Waals surface area (Å²) in [6, 6.07) is 6.11. The Kier molecular flexibility index (Phi) is 4.34. The molecule has 96 valence electrons. The highest BCUT2D eigenvalue weighted by atomic mass is 16.3. The Bertz CT molecular complexity index is 420. The highest BCUT2D eigenvalue weighted by Crippen LogP contribution is 2.21. The van der Waals surface area contributed by atoms with Crippen LogP contribution in [0.1, 0.15) is 42.5 Å². The standard InChI is InChI=1S/C14H18N2O2/c17-13-8-6-12(7-9-13)14(18)16-15-10-11-4-2-1-3-5-11/h6-11,17H,1-5H2,(H,16,18)/b15-10-. The number of hydrazone groups is 1. The van der Waals surface area contributed by atoms with E-state index in [4.69, 9.17) is 5.11 Å². The van der Waals surface area contributed by atoms with Crippen molar-refractivity contribution < 1.29 is 9.90 Å². The van der Waals surface area contributed by atoms with Crippen molar-refractivity contribution >= 4 is 12.1 Å². The number of hydrogen-bond acceptors (Lipinski definition) is 3. The van der Waals surface area contributed by atoms with Gasteiger partial charge in [0.05, 0.1) is 0 Å². The number of carbonyl (C=O) groups is 1. The Labute approximate surface area is 107 Å². The van der Waals surface area contributed by atoms with Gasteiger partial charge in [-0.05, 0) is 43.0 Å². The Balaban J connectivity index is 1.83. The second-order valence-electron chi connectivity index (χ2n) is 4.66. The summed E-state index contributed by atoms with van der Waals surface area (Å²) in [4.78, 5) is 11.7. The average Bonchev–Trinajstić information content (AvgIpc) is 2.40. The first-order valence-electron chi connectivity index (χ1n) is 6.38. The number of aromatic hydroxyl groups is 1. The van der Waals surface area contributed by atoms with Gasteiger partial charge in [0.25, 0.3) is 5.91 Å². The third-order valence-corrected chi connectivity index (χ3v) is 3.23. The summed E-state index contributed by atoms with van der Waals surface area (Å²) in [7, 11) is 0. The number of carbonyl (C=O) groups excluding carboxylic acids is 1. The van der Waals surface area contributed by atoms with Crippen LogP contribution in [0.3, 0.4) is 0 Å². The zero-order chi connectivity index (χ0) is 12.8. The molecule has 4 nitrogen and oxygen atoms in total. The highest BCUT2D eigenvalue weighted by Gasteiger charge is 2.11. The van der Waals surface area contributed by atoms with Crippen molar-refractivity contribution in [3.63, 3.8) is 0 Å². The molecule has 0 heterocycles. The maximum absolute atomic E-state index is 11.7. The van der Waals surface area contributed by atoms with Crippen LogP contribution in [0.15, 0.2) is 29.4 Å². The predicted molar refractivity (Wildman–Crippen MR) is 70.6 cm³/mol. The summed E-state index contributed by atoms with van der Waals surface area (Å²) in [5, 5.41) is 13.1. The molecule has 0 spiro atoms. The van der Waals surface area contributed by atoms with Crippen LogP contribution in [-0.4, -0.2) is 17.2 Å². The second-order valence-corrected chi connectivity index (χ2v) is 4.66. The van der Waals surface area contributed by atoms with E-state index < -0.39 is 0 Å². The van der Waals surface area contributed by atoms with Crippen LogP contribution >= 0.6 is 0 Å². The molecule has 2 N–H and O–H groups in total. The first-order valence-corrected chi connectivity index (χ1v) is 6.38. The molecule has 1 amide bonds. The minimum Gasteiger partial charge on any atom is -0.508 e. The number of amides is 1. The smallest absolute Gasteiger partial charge is 0.271 e. The van der Waals surface area contributed by atoms with E-state index in [1.807, 2.05) is 6.21 Å². The van der Waals surface area contributed by atoms with Gasteiger partial charge in [-0.2, -0.15) is 5.10 Å². The molecule has 0 unspecified atom stereocenters. The summed E-state index contributed by atoms with van der Waals surface area (Å²) in [5.41, 5.74) is 3.01. The fraction of sp³-hybridized carbons (Fsp3) is 0.429. The lowest BCUT2D eigenvalue weighted by molar-refractivity contribution is 0.0955. The van der Waals surface area contributed by atoms with Crippen molar-refractivity contribution in [2.24, 2.45) is 11.0 Å². The van der Waals surface area contributed by atoms with Gasteiger partial charge >= 0.3 is 0 Å². The first kappa shape index (κ1) is 12.6. The van der Waals surface area contributed by atoms with E-state index in [9.17, 15) is 4.79 Å². The van der Waals surface area contributed by atoms with E-state index in [1.165, 1.54) is 44.2 Å². The largest absolute Gasteiger partial charge is 0.508 e. The van der Waals surface area contributed by atoms with Gasteiger partial charge in [-0.15, -0.1) is 0 Å². The van der Waals surface area contributed by atoms with Gasteiger partial charge in [0.1, 0.15) is 5.75 Å². The quantitative estimate of drug-likeness (QED) is 0.636. The number of nitrogens with zero attached hydrogens (tertiary/aromatic N) is 1. The van der Waals surface area contributed by atoms with E-state index in [-0.39, 0.29) is 11.7 Å². The van der Waals surface area contributed by atoms with Crippen molar-refractivity contribution in [2.75, 3.05) is 0 Å². The Hall–Kier alpha value is -1.84. The zero-order valence-electron chi connectivity index (χ0n) is 10.3.